The van der Waals surface area contributed by atoms with Gasteiger partial charge in [0, 0.05) is 12.6 Å². The van der Waals surface area contributed by atoms with E-state index in [1.54, 1.807) is 17.0 Å². The fourth-order valence-corrected chi connectivity index (χ4v) is 2.69. The van der Waals surface area contributed by atoms with Crippen molar-refractivity contribution in [3.05, 3.63) is 23.7 Å². The summed E-state index contributed by atoms with van der Waals surface area (Å²) in [6, 6.07) is 3.61. The van der Waals surface area contributed by atoms with Gasteiger partial charge in [0.2, 0.25) is 0 Å². The minimum atomic E-state index is -0.138. The summed E-state index contributed by atoms with van der Waals surface area (Å²) in [5, 5.41) is 9.17. The third-order valence-electron chi connectivity index (χ3n) is 3.69. The molecule has 106 valence electrons. The number of carbonyl (C=O) groups is 1. The maximum atomic E-state index is 12.4. The Hall–Kier alpha value is -1.33. The molecule has 1 amide bonds. The molecule has 0 bridgehead atoms. The van der Waals surface area contributed by atoms with Crippen LogP contribution in [0, 0.1) is 0 Å². The van der Waals surface area contributed by atoms with E-state index >= 15 is 0 Å². The second kappa shape index (κ2) is 6.73. The van der Waals surface area contributed by atoms with E-state index in [1.807, 2.05) is 0 Å². The van der Waals surface area contributed by atoms with Crippen LogP contribution in [0.3, 0.4) is 0 Å². The van der Waals surface area contributed by atoms with E-state index in [4.69, 9.17) is 15.3 Å². The molecule has 0 spiro atoms. The second-order valence-electron chi connectivity index (χ2n) is 4.98. The lowest BCUT2D eigenvalue weighted by atomic mass is 9.94. The summed E-state index contributed by atoms with van der Waals surface area (Å²) in [7, 11) is 0. The predicted octanol–water partition coefficient (Wildman–Crippen LogP) is 1.51. The Bertz CT molecular complexity index is 411. The molecular formula is C14H22N2O3. The molecule has 1 aliphatic rings. The van der Waals surface area contributed by atoms with E-state index in [9.17, 15) is 4.79 Å². The zero-order valence-electron chi connectivity index (χ0n) is 11.2. The van der Waals surface area contributed by atoms with Crippen molar-refractivity contribution in [2.24, 2.45) is 5.73 Å². The van der Waals surface area contributed by atoms with Crippen molar-refractivity contribution < 1.29 is 14.3 Å². The van der Waals surface area contributed by atoms with E-state index in [0.717, 1.165) is 25.7 Å². The lowest BCUT2D eigenvalue weighted by molar-refractivity contribution is 0.0552. The molecular weight excluding hydrogens is 244 g/mol. The van der Waals surface area contributed by atoms with Crippen LogP contribution in [-0.2, 0) is 6.54 Å². The number of hydrogen-bond donors (Lipinski definition) is 2. The van der Waals surface area contributed by atoms with E-state index in [2.05, 4.69) is 0 Å². The number of amides is 1. The van der Waals surface area contributed by atoms with Gasteiger partial charge in [-0.3, -0.25) is 4.79 Å². The smallest absolute Gasteiger partial charge is 0.289 e. The third kappa shape index (κ3) is 3.36. The predicted molar refractivity (Wildman–Crippen MR) is 71.6 cm³/mol. The molecule has 1 aliphatic carbocycles. The maximum Gasteiger partial charge on any atom is 0.289 e. The monoisotopic (exact) mass is 266 g/mol. The molecule has 1 fully saturated rings. The molecule has 5 nitrogen and oxygen atoms in total. The Morgan fingerprint density at radius 3 is 2.68 bits per heavy atom. The van der Waals surface area contributed by atoms with Crippen molar-refractivity contribution in [1.82, 2.24) is 4.90 Å². The first-order valence-electron chi connectivity index (χ1n) is 6.97. The van der Waals surface area contributed by atoms with Crippen LogP contribution in [0.4, 0.5) is 0 Å². The molecule has 0 radical (unpaired) electrons. The van der Waals surface area contributed by atoms with E-state index in [0.29, 0.717) is 18.1 Å². The van der Waals surface area contributed by atoms with Crippen LogP contribution in [0.1, 0.15) is 48.4 Å². The highest BCUT2D eigenvalue weighted by atomic mass is 16.4. The number of nitrogens with zero attached hydrogens (tertiary/aromatic N) is 1. The molecule has 3 N–H and O–H groups in total. The fourth-order valence-electron chi connectivity index (χ4n) is 2.69. The van der Waals surface area contributed by atoms with Crippen molar-refractivity contribution in [1.29, 1.82) is 0 Å². The average Bonchev–Trinajstić information content (AvgIpc) is 2.94. The largest absolute Gasteiger partial charge is 0.455 e. The molecule has 1 aromatic heterocycles. The van der Waals surface area contributed by atoms with Gasteiger partial charge in [0.15, 0.2) is 5.76 Å². The number of nitrogens with two attached hydrogens (primary N) is 1. The lowest BCUT2D eigenvalue weighted by Gasteiger charge is -2.33. The van der Waals surface area contributed by atoms with Gasteiger partial charge in [0.1, 0.15) is 5.76 Å². The van der Waals surface area contributed by atoms with Crippen LogP contribution in [0.2, 0.25) is 0 Å². The number of carbonyl (C=O) groups excluding carboxylic acids is 1. The Morgan fingerprint density at radius 1 is 1.37 bits per heavy atom. The van der Waals surface area contributed by atoms with Crippen LogP contribution in [0.15, 0.2) is 16.5 Å². The van der Waals surface area contributed by atoms with Crippen molar-refractivity contribution >= 4 is 5.91 Å². The summed E-state index contributed by atoms with van der Waals surface area (Å²) in [5.41, 5.74) is 5.48. The summed E-state index contributed by atoms with van der Waals surface area (Å²) in [6.45, 7) is 0.631. The quantitative estimate of drug-likeness (QED) is 0.846. The minimum Gasteiger partial charge on any atom is -0.455 e. The van der Waals surface area contributed by atoms with Gasteiger partial charge in [-0.1, -0.05) is 19.3 Å². The topological polar surface area (TPSA) is 79.7 Å². The van der Waals surface area contributed by atoms with Crippen molar-refractivity contribution in [2.45, 2.75) is 44.7 Å². The number of aliphatic hydroxyl groups is 1. The lowest BCUT2D eigenvalue weighted by Crippen LogP contribution is -2.43. The Balaban J connectivity index is 2.10. The highest BCUT2D eigenvalue weighted by Crippen LogP contribution is 2.24. The molecule has 19 heavy (non-hydrogen) atoms. The molecule has 0 aliphatic heterocycles. The normalized spacial score (nSPS) is 16.5. The van der Waals surface area contributed by atoms with Gasteiger partial charge < -0.3 is 20.2 Å². The Kier molecular flexibility index (Phi) is 4.99. The van der Waals surface area contributed by atoms with Crippen LogP contribution in [0.5, 0.6) is 0 Å². The first-order valence-corrected chi connectivity index (χ1v) is 6.97. The molecule has 5 heteroatoms. The van der Waals surface area contributed by atoms with E-state index in [-0.39, 0.29) is 25.1 Å². The van der Waals surface area contributed by atoms with Crippen LogP contribution >= 0.6 is 0 Å². The van der Waals surface area contributed by atoms with E-state index < -0.39 is 0 Å². The molecule has 1 aromatic rings. The molecule has 1 saturated carbocycles. The summed E-state index contributed by atoms with van der Waals surface area (Å²) >= 11 is 0. The van der Waals surface area contributed by atoms with Crippen molar-refractivity contribution in [3.63, 3.8) is 0 Å². The number of furan rings is 1. The fraction of sp³-hybridized carbons (Fsp3) is 0.643. The van der Waals surface area contributed by atoms with Crippen LogP contribution in [0.25, 0.3) is 0 Å². The molecule has 1 heterocycles. The molecule has 0 unspecified atom stereocenters. The average molecular weight is 266 g/mol. The Labute approximate surface area is 113 Å². The van der Waals surface area contributed by atoms with Gasteiger partial charge in [-0.2, -0.15) is 0 Å². The standard InChI is InChI=1S/C14H22N2O3/c15-10-12-6-7-13(19-12)14(18)16(8-9-17)11-4-2-1-3-5-11/h6-7,11,17H,1-5,8-10,15H2. The van der Waals surface area contributed by atoms with Gasteiger partial charge >= 0.3 is 0 Å². The summed E-state index contributed by atoms with van der Waals surface area (Å²) in [5.74, 6) is 0.788. The van der Waals surface area contributed by atoms with Crippen LogP contribution in [-0.4, -0.2) is 35.1 Å². The van der Waals surface area contributed by atoms with Gasteiger partial charge in [0.25, 0.3) is 5.91 Å². The molecule has 0 saturated heterocycles. The van der Waals surface area contributed by atoms with Gasteiger partial charge in [-0.25, -0.2) is 0 Å². The highest BCUT2D eigenvalue weighted by Gasteiger charge is 2.27. The van der Waals surface area contributed by atoms with Crippen molar-refractivity contribution in [2.75, 3.05) is 13.2 Å². The molecule has 0 aromatic carbocycles. The maximum absolute atomic E-state index is 12.4. The second-order valence-corrected chi connectivity index (χ2v) is 4.98. The first kappa shape index (κ1) is 14.1. The highest BCUT2D eigenvalue weighted by molar-refractivity contribution is 5.91. The summed E-state index contributed by atoms with van der Waals surface area (Å²) < 4.78 is 5.41. The van der Waals surface area contributed by atoms with Gasteiger partial charge in [-0.15, -0.1) is 0 Å². The summed E-state index contributed by atoms with van der Waals surface area (Å²) in [4.78, 5) is 14.2. The number of hydrogen-bond acceptors (Lipinski definition) is 4. The van der Waals surface area contributed by atoms with Crippen LogP contribution < -0.4 is 5.73 Å². The van der Waals surface area contributed by atoms with Gasteiger partial charge in [0.05, 0.1) is 13.2 Å². The first-order chi connectivity index (χ1) is 9.26. The molecule has 0 atom stereocenters. The molecule has 2 rings (SSSR count). The number of aliphatic hydroxyl groups excluding tert-OH is 1. The summed E-state index contributed by atoms with van der Waals surface area (Å²) in [6.07, 6.45) is 5.54. The number of rotatable bonds is 5. The SMILES string of the molecule is NCc1ccc(C(=O)N(CCO)C2CCCCC2)o1. The Morgan fingerprint density at radius 2 is 2.11 bits per heavy atom. The zero-order chi connectivity index (χ0) is 13.7. The zero-order valence-corrected chi connectivity index (χ0v) is 11.2. The van der Waals surface area contributed by atoms with E-state index in [1.165, 1.54) is 6.42 Å². The van der Waals surface area contributed by atoms with Crippen molar-refractivity contribution in [3.8, 4) is 0 Å². The third-order valence-corrected chi connectivity index (χ3v) is 3.69. The minimum absolute atomic E-state index is 0.0211. The van der Waals surface area contributed by atoms with Gasteiger partial charge in [-0.05, 0) is 25.0 Å².